The Morgan fingerprint density at radius 2 is 2.24 bits per heavy atom. The number of benzene rings is 1. The summed E-state index contributed by atoms with van der Waals surface area (Å²) in [4.78, 5) is 16.1. The summed E-state index contributed by atoms with van der Waals surface area (Å²) >= 11 is 0. The zero-order chi connectivity index (χ0) is 14.8. The highest BCUT2D eigenvalue weighted by molar-refractivity contribution is 5.90. The fourth-order valence-electron chi connectivity index (χ4n) is 2.76. The Kier molecular flexibility index (Phi) is 3.60. The lowest BCUT2D eigenvalue weighted by Crippen LogP contribution is -2.11. The minimum atomic E-state index is -0.317. The molecule has 3 rings (SSSR count). The molecule has 0 amide bonds. The highest BCUT2D eigenvalue weighted by Gasteiger charge is 2.23. The highest BCUT2D eigenvalue weighted by atomic mass is 16.5. The van der Waals surface area contributed by atoms with Crippen molar-refractivity contribution in [3.63, 3.8) is 0 Å². The van der Waals surface area contributed by atoms with Gasteiger partial charge in [0, 0.05) is 11.9 Å². The first-order valence-electron chi connectivity index (χ1n) is 7.08. The summed E-state index contributed by atoms with van der Waals surface area (Å²) < 4.78 is 4.78. The third-order valence-electron chi connectivity index (χ3n) is 3.95. The second kappa shape index (κ2) is 5.56. The Morgan fingerprint density at radius 3 is 3.05 bits per heavy atom. The first-order chi connectivity index (χ1) is 10.2. The molecule has 1 unspecified atom stereocenters. The summed E-state index contributed by atoms with van der Waals surface area (Å²) in [6.07, 6.45) is 3.89. The van der Waals surface area contributed by atoms with E-state index in [0.717, 1.165) is 29.8 Å². The van der Waals surface area contributed by atoms with Gasteiger partial charge in [-0.05, 0) is 49.1 Å². The van der Waals surface area contributed by atoms with Gasteiger partial charge < -0.3 is 10.1 Å². The topological polar surface area (TPSA) is 51.2 Å². The van der Waals surface area contributed by atoms with Gasteiger partial charge in [-0.25, -0.2) is 4.79 Å². The van der Waals surface area contributed by atoms with Crippen LogP contribution in [0.1, 0.15) is 39.6 Å². The van der Waals surface area contributed by atoms with Gasteiger partial charge in [0.1, 0.15) is 0 Å². The number of nitrogens with zero attached hydrogens (tertiary/aromatic N) is 1. The molecule has 0 radical (unpaired) electrons. The van der Waals surface area contributed by atoms with E-state index in [1.807, 2.05) is 31.3 Å². The van der Waals surface area contributed by atoms with Crippen molar-refractivity contribution in [2.75, 3.05) is 12.4 Å². The summed E-state index contributed by atoms with van der Waals surface area (Å²) in [5.41, 5.74) is 5.04. The molecular formula is C17H18N2O2. The molecule has 0 saturated heterocycles. The SMILES string of the molecule is COC(=O)c1ccc(C)c(NC2CCc3cccnc32)c1. The highest BCUT2D eigenvalue weighted by Crippen LogP contribution is 2.33. The average molecular weight is 282 g/mol. The third-order valence-corrected chi connectivity index (χ3v) is 3.95. The van der Waals surface area contributed by atoms with Gasteiger partial charge in [0.15, 0.2) is 0 Å². The van der Waals surface area contributed by atoms with E-state index in [0.29, 0.717) is 5.56 Å². The van der Waals surface area contributed by atoms with Crippen LogP contribution in [0.25, 0.3) is 0 Å². The molecule has 1 N–H and O–H groups in total. The summed E-state index contributed by atoms with van der Waals surface area (Å²) in [6.45, 7) is 2.03. The normalized spacial score (nSPS) is 16.4. The first-order valence-corrected chi connectivity index (χ1v) is 7.08. The van der Waals surface area contributed by atoms with E-state index in [9.17, 15) is 4.79 Å². The second-order valence-electron chi connectivity index (χ2n) is 5.30. The standard InChI is InChI=1S/C17H18N2O2/c1-11-5-6-13(17(20)21-2)10-15(11)19-14-8-7-12-4-3-9-18-16(12)14/h3-6,9-10,14,19H,7-8H2,1-2H3. The van der Waals surface area contributed by atoms with E-state index >= 15 is 0 Å². The van der Waals surface area contributed by atoms with Crippen LogP contribution in [0.4, 0.5) is 5.69 Å². The minimum absolute atomic E-state index is 0.202. The van der Waals surface area contributed by atoms with E-state index < -0.39 is 0 Å². The van der Waals surface area contributed by atoms with Crippen molar-refractivity contribution >= 4 is 11.7 Å². The molecule has 1 aromatic carbocycles. The molecule has 1 aromatic heterocycles. The zero-order valence-corrected chi connectivity index (χ0v) is 12.2. The van der Waals surface area contributed by atoms with Crippen LogP contribution in [0.3, 0.4) is 0 Å². The molecule has 0 bridgehead atoms. The molecule has 2 aromatic rings. The number of pyridine rings is 1. The summed E-state index contributed by atoms with van der Waals surface area (Å²) in [6, 6.07) is 9.87. The minimum Gasteiger partial charge on any atom is -0.465 e. The Labute approximate surface area is 124 Å². The molecule has 1 atom stereocenters. The molecule has 21 heavy (non-hydrogen) atoms. The number of hydrogen-bond donors (Lipinski definition) is 1. The lowest BCUT2D eigenvalue weighted by molar-refractivity contribution is 0.0601. The third kappa shape index (κ3) is 2.61. The zero-order valence-electron chi connectivity index (χ0n) is 12.2. The quantitative estimate of drug-likeness (QED) is 0.878. The largest absolute Gasteiger partial charge is 0.465 e. The summed E-state index contributed by atoms with van der Waals surface area (Å²) in [7, 11) is 1.40. The number of methoxy groups -OCH3 is 1. The van der Waals surface area contributed by atoms with Gasteiger partial charge in [-0.2, -0.15) is 0 Å². The summed E-state index contributed by atoms with van der Waals surface area (Å²) in [5.74, 6) is -0.317. The van der Waals surface area contributed by atoms with E-state index in [-0.39, 0.29) is 12.0 Å². The molecule has 4 nitrogen and oxygen atoms in total. The van der Waals surface area contributed by atoms with Gasteiger partial charge in [0.2, 0.25) is 0 Å². The van der Waals surface area contributed by atoms with Gasteiger partial charge in [-0.3, -0.25) is 4.98 Å². The van der Waals surface area contributed by atoms with Gasteiger partial charge in [-0.15, -0.1) is 0 Å². The van der Waals surface area contributed by atoms with Crippen LogP contribution in [0.2, 0.25) is 0 Å². The van der Waals surface area contributed by atoms with Crippen LogP contribution in [-0.4, -0.2) is 18.1 Å². The van der Waals surface area contributed by atoms with Crippen molar-refractivity contribution < 1.29 is 9.53 Å². The molecule has 1 heterocycles. The number of carbonyl (C=O) groups is 1. The van der Waals surface area contributed by atoms with Crippen molar-refractivity contribution in [3.8, 4) is 0 Å². The number of esters is 1. The van der Waals surface area contributed by atoms with Crippen molar-refractivity contribution in [2.24, 2.45) is 0 Å². The van der Waals surface area contributed by atoms with Gasteiger partial charge in [-0.1, -0.05) is 12.1 Å². The molecule has 0 saturated carbocycles. The molecule has 4 heteroatoms. The fraction of sp³-hybridized carbons (Fsp3) is 0.294. The molecule has 0 spiro atoms. The van der Waals surface area contributed by atoms with Crippen molar-refractivity contribution in [1.82, 2.24) is 4.98 Å². The summed E-state index contributed by atoms with van der Waals surface area (Å²) in [5, 5.41) is 3.51. The van der Waals surface area contributed by atoms with E-state index in [4.69, 9.17) is 4.74 Å². The van der Waals surface area contributed by atoms with Gasteiger partial charge in [0.25, 0.3) is 0 Å². The Balaban J connectivity index is 1.87. The number of hydrogen-bond acceptors (Lipinski definition) is 4. The number of aromatic nitrogens is 1. The maximum Gasteiger partial charge on any atom is 0.337 e. The second-order valence-corrected chi connectivity index (χ2v) is 5.30. The van der Waals surface area contributed by atoms with Gasteiger partial charge in [0.05, 0.1) is 24.4 Å². The van der Waals surface area contributed by atoms with Crippen LogP contribution in [0.15, 0.2) is 36.5 Å². The Morgan fingerprint density at radius 1 is 1.38 bits per heavy atom. The Hall–Kier alpha value is -2.36. The molecule has 0 aliphatic heterocycles. The molecule has 0 fully saturated rings. The Bertz CT molecular complexity index is 682. The number of carbonyl (C=O) groups excluding carboxylic acids is 1. The van der Waals surface area contributed by atoms with Crippen LogP contribution < -0.4 is 5.32 Å². The predicted octanol–water partition coefficient (Wildman–Crippen LogP) is 3.28. The number of ether oxygens (including phenoxy) is 1. The lowest BCUT2D eigenvalue weighted by Gasteiger charge is -2.17. The van der Waals surface area contributed by atoms with Crippen molar-refractivity contribution in [2.45, 2.75) is 25.8 Å². The predicted molar refractivity (Wildman–Crippen MR) is 81.4 cm³/mol. The van der Waals surface area contributed by atoms with Crippen LogP contribution in [0, 0.1) is 6.92 Å². The molecule has 1 aliphatic rings. The molecule has 108 valence electrons. The maximum atomic E-state index is 11.7. The first kappa shape index (κ1) is 13.6. The van der Waals surface area contributed by atoms with Crippen LogP contribution >= 0.6 is 0 Å². The maximum absolute atomic E-state index is 11.7. The lowest BCUT2D eigenvalue weighted by atomic mass is 10.1. The van der Waals surface area contributed by atoms with E-state index in [1.165, 1.54) is 12.7 Å². The van der Waals surface area contributed by atoms with E-state index in [2.05, 4.69) is 16.4 Å². The average Bonchev–Trinajstić information content (AvgIpc) is 2.92. The smallest absolute Gasteiger partial charge is 0.337 e. The van der Waals surface area contributed by atoms with Crippen molar-refractivity contribution in [1.29, 1.82) is 0 Å². The van der Waals surface area contributed by atoms with Crippen molar-refractivity contribution in [3.05, 3.63) is 58.9 Å². The number of anilines is 1. The molecule has 1 aliphatic carbocycles. The van der Waals surface area contributed by atoms with Crippen LogP contribution in [0.5, 0.6) is 0 Å². The van der Waals surface area contributed by atoms with Crippen LogP contribution in [-0.2, 0) is 11.2 Å². The number of aryl methyl sites for hydroxylation is 2. The molecular weight excluding hydrogens is 264 g/mol. The monoisotopic (exact) mass is 282 g/mol. The number of nitrogens with one attached hydrogen (secondary N) is 1. The number of fused-ring (bicyclic) bond motifs is 1. The number of rotatable bonds is 3. The van der Waals surface area contributed by atoms with E-state index in [1.54, 1.807) is 6.07 Å². The fourth-order valence-corrected chi connectivity index (χ4v) is 2.76. The van der Waals surface area contributed by atoms with Gasteiger partial charge >= 0.3 is 5.97 Å².